The summed E-state index contributed by atoms with van der Waals surface area (Å²) < 4.78 is 11.5. The molecular formula is C18H18N2O3S. The van der Waals surface area contributed by atoms with Crippen LogP contribution in [-0.2, 0) is 11.3 Å². The minimum atomic E-state index is -0.101. The number of ether oxygens (including phenoxy) is 2. The van der Waals surface area contributed by atoms with Gasteiger partial charge in [-0.1, -0.05) is 12.1 Å². The molecule has 1 amide bonds. The van der Waals surface area contributed by atoms with Gasteiger partial charge in [0.1, 0.15) is 12.4 Å². The summed E-state index contributed by atoms with van der Waals surface area (Å²) in [4.78, 5) is 16.5. The summed E-state index contributed by atoms with van der Waals surface area (Å²) in [7, 11) is 1.64. The molecule has 0 saturated carbocycles. The Hall–Kier alpha value is -2.44. The molecular weight excluding hydrogens is 324 g/mol. The topological polar surface area (TPSA) is 60.5 Å². The molecule has 124 valence electrons. The van der Waals surface area contributed by atoms with Crippen LogP contribution in [-0.4, -0.2) is 31.2 Å². The van der Waals surface area contributed by atoms with E-state index in [0.29, 0.717) is 25.3 Å². The predicted molar refractivity (Wildman–Crippen MR) is 94.6 cm³/mol. The molecule has 1 aromatic heterocycles. The quantitative estimate of drug-likeness (QED) is 0.670. The lowest BCUT2D eigenvalue weighted by Crippen LogP contribution is -2.22. The van der Waals surface area contributed by atoms with E-state index in [1.165, 1.54) is 11.3 Å². The standard InChI is InChI=1S/C18H18N2O3S/c1-22-7-8-23-15-4-2-3-13(9-15)11-19-18(21)14-5-6-16-17(10-14)24-12-20-16/h2-6,9-10,12H,7-8,11H2,1H3,(H,19,21). The Balaban J connectivity index is 1.60. The molecule has 2 aromatic carbocycles. The third kappa shape index (κ3) is 4.10. The van der Waals surface area contributed by atoms with Gasteiger partial charge in [0.15, 0.2) is 0 Å². The highest BCUT2D eigenvalue weighted by molar-refractivity contribution is 7.16. The Morgan fingerprint density at radius 3 is 3.00 bits per heavy atom. The SMILES string of the molecule is COCCOc1cccc(CNC(=O)c2ccc3ncsc3c2)c1. The summed E-state index contributed by atoms with van der Waals surface area (Å²) in [6, 6.07) is 13.2. The van der Waals surface area contributed by atoms with Gasteiger partial charge in [-0.05, 0) is 35.9 Å². The fraction of sp³-hybridized carbons (Fsp3) is 0.222. The maximum absolute atomic E-state index is 12.3. The summed E-state index contributed by atoms with van der Waals surface area (Å²) >= 11 is 1.53. The number of nitrogens with one attached hydrogen (secondary N) is 1. The lowest BCUT2D eigenvalue weighted by Gasteiger charge is -2.09. The van der Waals surface area contributed by atoms with Crippen molar-refractivity contribution >= 4 is 27.5 Å². The zero-order valence-corrected chi connectivity index (χ0v) is 14.1. The molecule has 0 atom stereocenters. The number of hydrogen-bond donors (Lipinski definition) is 1. The number of hydrogen-bond acceptors (Lipinski definition) is 5. The van der Waals surface area contributed by atoms with Crippen molar-refractivity contribution in [2.45, 2.75) is 6.54 Å². The first kappa shape index (κ1) is 16.4. The normalized spacial score (nSPS) is 10.7. The maximum atomic E-state index is 12.3. The molecule has 1 N–H and O–H groups in total. The van der Waals surface area contributed by atoms with Gasteiger partial charge in [0.2, 0.25) is 0 Å². The fourth-order valence-corrected chi connectivity index (χ4v) is 2.99. The zero-order chi connectivity index (χ0) is 16.8. The zero-order valence-electron chi connectivity index (χ0n) is 13.3. The number of nitrogens with zero attached hydrogens (tertiary/aromatic N) is 1. The average molecular weight is 342 g/mol. The van der Waals surface area contributed by atoms with E-state index in [-0.39, 0.29) is 5.91 Å². The van der Waals surface area contributed by atoms with E-state index in [4.69, 9.17) is 9.47 Å². The van der Waals surface area contributed by atoms with E-state index < -0.39 is 0 Å². The number of amides is 1. The maximum Gasteiger partial charge on any atom is 0.251 e. The predicted octanol–water partition coefficient (Wildman–Crippen LogP) is 3.25. The van der Waals surface area contributed by atoms with Gasteiger partial charge in [0.05, 0.1) is 22.3 Å². The first-order valence-corrected chi connectivity index (χ1v) is 8.46. The number of rotatable bonds is 7. The molecule has 24 heavy (non-hydrogen) atoms. The second-order valence-corrected chi connectivity index (χ2v) is 6.09. The Labute approximate surface area is 144 Å². The van der Waals surface area contributed by atoms with E-state index in [9.17, 15) is 4.79 Å². The molecule has 0 fully saturated rings. The van der Waals surface area contributed by atoms with Crippen LogP contribution in [0.4, 0.5) is 0 Å². The van der Waals surface area contributed by atoms with Crippen molar-refractivity contribution in [3.05, 3.63) is 59.1 Å². The third-order valence-corrected chi connectivity index (χ3v) is 4.29. The van der Waals surface area contributed by atoms with Gasteiger partial charge in [-0.3, -0.25) is 4.79 Å². The molecule has 5 nitrogen and oxygen atoms in total. The van der Waals surface area contributed by atoms with Crippen LogP contribution in [0.25, 0.3) is 10.2 Å². The van der Waals surface area contributed by atoms with Crippen LogP contribution in [0, 0.1) is 0 Å². The molecule has 0 radical (unpaired) electrons. The molecule has 0 spiro atoms. The van der Waals surface area contributed by atoms with Crippen molar-refractivity contribution in [3.8, 4) is 5.75 Å². The van der Waals surface area contributed by atoms with Crippen molar-refractivity contribution < 1.29 is 14.3 Å². The Kier molecular flexibility index (Phi) is 5.40. The number of benzene rings is 2. The van der Waals surface area contributed by atoms with Crippen LogP contribution in [0.15, 0.2) is 48.0 Å². The number of aromatic nitrogens is 1. The molecule has 0 aliphatic rings. The van der Waals surface area contributed by atoms with Crippen LogP contribution in [0.5, 0.6) is 5.75 Å². The summed E-state index contributed by atoms with van der Waals surface area (Å²) in [5, 5.41) is 2.93. The monoisotopic (exact) mass is 342 g/mol. The second kappa shape index (κ2) is 7.90. The molecule has 3 rings (SSSR count). The van der Waals surface area contributed by atoms with Crippen LogP contribution >= 0.6 is 11.3 Å². The highest BCUT2D eigenvalue weighted by Crippen LogP contribution is 2.19. The molecule has 6 heteroatoms. The summed E-state index contributed by atoms with van der Waals surface area (Å²) in [5.74, 6) is 0.667. The largest absolute Gasteiger partial charge is 0.491 e. The fourth-order valence-electron chi connectivity index (χ4n) is 2.27. The van der Waals surface area contributed by atoms with Crippen molar-refractivity contribution in [1.82, 2.24) is 10.3 Å². The summed E-state index contributed by atoms with van der Waals surface area (Å²) in [6.07, 6.45) is 0. The van der Waals surface area contributed by atoms with Gasteiger partial charge in [-0.2, -0.15) is 0 Å². The average Bonchev–Trinajstić information content (AvgIpc) is 3.08. The van der Waals surface area contributed by atoms with Gasteiger partial charge < -0.3 is 14.8 Å². The molecule has 0 aliphatic carbocycles. The highest BCUT2D eigenvalue weighted by Gasteiger charge is 2.07. The minimum absolute atomic E-state index is 0.101. The smallest absolute Gasteiger partial charge is 0.251 e. The third-order valence-electron chi connectivity index (χ3n) is 3.50. The molecule has 0 saturated heterocycles. The first-order valence-electron chi connectivity index (χ1n) is 7.58. The second-order valence-electron chi connectivity index (χ2n) is 5.21. The van der Waals surface area contributed by atoms with Gasteiger partial charge >= 0.3 is 0 Å². The molecule has 0 bridgehead atoms. The summed E-state index contributed by atoms with van der Waals surface area (Å²) in [5.41, 5.74) is 4.32. The van der Waals surface area contributed by atoms with Crippen molar-refractivity contribution in [1.29, 1.82) is 0 Å². The molecule has 1 heterocycles. The molecule has 0 unspecified atom stereocenters. The van der Waals surface area contributed by atoms with Crippen LogP contribution in [0.2, 0.25) is 0 Å². The lowest BCUT2D eigenvalue weighted by molar-refractivity contribution is 0.0951. The van der Waals surface area contributed by atoms with Crippen LogP contribution < -0.4 is 10.1 Å². The number of carbonyl (C=O) groups excluding carboxylic acids is 1. The lowest BCUT2D eigenvalue weighted by atomic mass is 10.2. The first-order chi connectivity index (χ1) is 11.8. The highest BCUT2D eigenvalue weighted by atomic mass is 32.1. The van der Waals surface area contributed by atoms with Gasteiger partial charge in [-0.15, -0.1) is 11.3 Å². The van der Waals surface area contributed by atoms with Crippen LogP contribution in [0.1, 0.15) is 15.9 Å². The Morgan fingerprint density at radius 1 is 1.21 bits per heavy atom. The molecule has 3 aromatic rings. The Morgan fingerprint density at radius 2 is 2.12 bits per heavy atom. The number of carbonyl (C=O) groups is 1. The van der Waals surface area contributed by atoms with E-state index in [1.807, 2.05) is 36.4 Å². The Bertz CT molecular complexity index is 832. The van der Waals surface area contributed by atoms with Gasteiger partial charge in [0, 0.05) is 19.2 Å². The van der Waals surface area contributed by atoms with Crippen molar-refractivity contribution in [2.75, 3.05) is 20.3 Å². The molecule has 0 aliphatic heterocycles. The minimum Gasteiger partial charge on any atom is -0.491 e. The van der Waals surface area contributed by atoms with Gasteiger partial charge in [-0.25, -0.2) is 4.98 Å². The number of methoxy groups -OCH3 is 1. The van der Waals surface area contributed by atoms with Crippen molar-refractivity contribution in [2.24, 2.45) is 0 Å². The van der Waals surface area contributed by atoms with E-state index >= 15 is 0 Å². The van der Waals surface area contributed by atoms with Gasteiger partial charge in [0.25, 0.3) is 5.91 Å². The van der Waals surface area contributed by atoms with E-state index in [2.05, 4.69) is 10.3 Å². The van der Waals surface area contributed by atoms with Crippen LogP contribution in [0.3, 0.4) is 0 Å². The van der Waals surface area contributed by atoms with Crippen molar-refractivity contribution in [3.63, 3.8) is 0 Å². The number of fused-ring (bicyclic) bond motifs is 1. The summed E-state index contributed by atoms with van der Waals surface area (Å²) in [6.45, 7) is 1.49. The van der Waals surface area contributed by atoms with E-state index in [1.54, 1.807) is 18.7 Å². The van der Waals surface area contributed by atoms with E-state index in [0.717, 1.165) is 21.5 Å². The number of thiazole rings is 1.